The van der Waals surface area contributed by atoms with Crippen LogP contribution in [0.4, 0.5) is 5.69 Å². The Hall–Kier alpha value is -2.26. The van der Waals surface area contributed by atoms with Crippen LogP contribution in [-0.4, -0.2) is 37.9 Å². The number of hydrogen-bond acceptors (Lipinski definition) is 6. The number of ether oxygens (including phenoxy) is 2. The van der Waals surface area contributed by atoms with Gasteiger partial charge < -0.3 is 14.6 Å². The summed E-state index contributed by atoms with van der Waals surface area (Å²) in [5.41, 5.74) is 0.446. The van der Waals surface area contributed by atoms with Gasteiger partial charge in [-0.3, -0.25) is 9.82 Å². The van der Waals surface area contributed by atoms with E-state index in [-0.39, 0.29) is 16.3 Å². The van der Waals surface area contributed by atoms with Crippen molar-refractivity contribution in [3.63, 3.8) is 0 Å². The topological polar surface area (TPSA) is 114 Å². The Kier molecular flexibility index (Phi) is 4.34. The molecule has 0 amide bonds. The third kappa shape index (κ3) is 3.26. The van der Waals surface area contributed by atoms with E-state index < -0.39 is 16.6 Å². The molecule has 2 rings (SSSR count). The maximum atomic E-state index is 12.3. The first kappa shape index (κ1) is 15.1. The lowest BCUT2D eigenvalue weighted by molar-refractivity contribution is 0.278. The summed E-state index contributed by atoms with van der Waals surface area (Å²) in [6.45, 7) is -0.436. The fraction of sp³-hybridized carbons (Fsp3) is 0.250. The molecule has 0 aliphatic heterocycles. The molecule has 0 unspecified atom stereocenters. The summed E-state index contributed by atoms with van der Waals surface area (Å²) < 4.78 is 37.1. The van der Waals surface area contributed by atoms with Crippen molar-refractivity contribution < 1.29 is 23.0 Å². The molecule has 0 saturated carbocycles. The normalized spacial score (nSPS) is 11.2. The number of aliphatic hydroxyl groups is 1. The molecule has 2 aromatic rings. The number of benzene rings is 1. The van der Waals surface area contributed by atoms with Crippen LogP contribution in [0.15, 0.2) is 29.4 Å². The number of rotatable bonds is 6. The highest BCUT2D eigenvalue weighted by Gasteiger charge is 2.21. The van der Waals surface area contributed by atoms with Crippen LogP contribution in [0, 0.1) is 0 Å². The van der Waals surface area contributed by atoms with Crippen molar-refractivity contribution >= 4 is 15.7 Å². The van der Waals surface area contributed by atoms with Gasteiger partial charge in [-0.2, -0.15) is 13.5 Å². The number of nitrogens with one attached hydrogen (secondary N) is 2. The van der Waals surface area contributed by atoms with E-state index in [2.05, 4.69) is 14.9 Å². The van der Waals surface area contributed by atoms with Crippen LogP contribution in [0.1, 0.15) is 5.56 Å². The predicted molar refractivity (Wildman–Crippen MR) is 74.9 cm³/mol. The molecule has 0 saturated heterocycles. The Morgan fingerprint density at radius 1 is 1.24 bits per heavy atom. The first-order valence-corrected chi connectivity index (χ1v) is 7.37. The lowest BCUT2D eigenvalue weighted by Crippen LogP contribution is -2.15. The number of hydrogen-bond donors (Lipinski definition) is 3. The van der Waals surface area contributed by atoms with E-state index in [0.29, 0.717) is 11.5 Å². The van der Waals surface area contributed by atoms with Gasteiger partial charge >= 0.3 is 0 Å². The van der Waals surface area contributed by atoms with Gasteiger partial charge in [0.1, 0.15) is 11.5 Å². The van der Waals surface area contributed by atoms with Gasteiger partial charge in [-0.15, -0.1) is 0 Å². The smallest absolute Gasteiger partial charge is 0.279 e. The van der Waals surface area contributed by atoms with Crippen molar-refractivity contribution in [2.75, 3.05) is 18.9 Å². The Labute approximate surface area is 121 Å². The zero-order valence-corrected chi connectivity index (χ0v) is 12.3. The van der Waals surface area contributed by atoms with Gasteiger partial charge in [0.05, 0.1) is 32.7 Å². The Morgan fingerprint density at radius 3 is 2.38 bits per heavy atom. The highest BCUT2D eigenvalue weighted by Crippen LogP contribution is 2.27. The number of methoxy groups -OCH3 is 2. The van der Waals surface area contributed by atoms with Crippen molar-refractivity contribution in [3.8, 4) is 11.5 Å². The lowest BCUT2D eigenvalue weighted by atomic mass is 10.3. The van der Waals surface area contributed by atoms with Gasteiger partial charge in [-0.05, 0) is 0 Å². The summed E-state index contributed by atoms with van der Waals surface area (Å²) in [6.07, 6.45) is 1.25. The third-order valence-corrected chi connectivity index (χ3v) is 4.12. The number of sulfonamides is 1. The minimum atomic E-state index is -3.90. The fourth-order valence-electron chi connectivity index (χ4n) is 1.72. The predicted octanol–water partition coefficient (Wildman–Crippen LogP) is 0.720. The number of aromatic nitrogens is 2. The van der Waals surface area contributed by atoms with Crippen LogP contribution in [-0.2, 0) is 16.6 Å². The summed E-state index contributed by atoms with van der Waals surface area (Å²) >= 11 is 0. The first-order valence-electron chi connectivity index (χ1n) is 5.89. The molecule has 0 spiro atoms. The third-order valence-electron chi connectivity index (χ3n) is 2.72. The summed E-state index contributed by atoms with van der Waals surface area (Å²) in [5, 5.41) is 14.9. The molecule has 3 N–H and O–H groups in total. The van der Waals surface area contributed by atoms with Crippen LogP contribution in [0.25, 0.3) is 0 Å². The second-order valence-corrected chi connectivity index (χ2v) is 5.71. The van der Waals surface area contributed by atoms with Gasteiger partial charge in [0.15, 0.2) is 5.03 Å². The standard InChI is InChI=1S/C12H15N3O5S/c1-19-10-3-9(4-11(5-10)20-2)15-21(17,18)12-8(7-16)6-13-14-12/h3-6,15-16H,7H2,1-2H3,(H,13,14). The number of anilines is 1. The van der Waals surface area contributed by atoms with Gasteiger partial charge in [-0.25, -0.2) is 0 Å². The molecule has 9 heteroatoms. The van der Waals surface area contributed by atoms with E-state index in [1.807, 2.05) is 0 Å². The van der Waals surface area contributed by atoms with Crippen molar-refractivity contribution in [1.82, 2.24) is 10.2 Å². The Bertz CT molecular complexity index is 704. The molecule has 0 atom stereocenters. The van der Waals surface area contributed by atoms with Crippen molar-refractivity contribution in [3.05, 3.63) is 30.0 Å². The van der Waals surface area contributed by atoms with Gasteiger partial charge in [0, 0.05) is 23.8 Å². The van der Waals surface area contributed by atoms with Crippen molar-refractivity contribution in [2.24, 2.45) is 0 Å². The SMILES string of the molecule is COc1cc(NS(=O)(=O)c2[nH]ncc2CO)cc(OC)c1. The number of aromatic amines is 1. The quantitative estimate of drug-likeness (QED) is 0.724. The first-order chi connectivity index (χ1) is 10.00. The highest BCUT2D eigenvalue weighted by molar-refractivity contribution is 7.92. The summed E-state index contributed by atoms with van der Waals surface area (Å²) in [7, 11) is -0.974. The fourth-order valence-corrected chi connectivity index (χ4v) is 2.88. The summed E-state index contributed by atoms with van der Waals surface area (Å²) in [4.78, 5) is 0. The van der Waals surface area contributed by atoms with Crippen molar-refractivity contribution in [1.29, 1.82) is 0 Å². The van der Waals surface area contributed by atoms with E-state index in [1.165, 1.54) is 32.5 Å². The van der Waals surface area contributed by atoms with E-state index >= 15 is 0 Å². The monoisotopic (exact) mass is 313 g/mol. The second-order valence-electron chi connectivity index (χ2n) is 4.09. The summed E-state index contributed by atoms with van der Waals surface area (Å²) in [6, 6.07) is 4.64. The lowest BCUT2D eigenvalue weighted by Gasteiger charge is -2.11. The van der Waals surface area contributed by atoms with Crippen LogP contribution in [0.3, 0.4) is 0 Å². The number of H-pyrrole nitrogens is 1. The second kappa shape index (κ2) is 6.02. The number of aliphatic hydroxyl groups excluding tert-OH is 1. The molecular formula is C12H15N3O5S. The minimum absolute atomic E-state index is 0.178. The molecule has 0 bridgehead atoms. The average Bonchev–Trinajstić information content (AvgIpc) is 2.95. The van der Waals surface area contributed by atoms with Gasteiger partial charge in [-0.1, -0.05) is 0 Å². The molecule has 1 aromatic heterocycles. The molecule has 0 radical (unpaired) electrons. The molecule has 114 valence electrons. The molecule has 0 aliphatic rings. The van der Waals surface area contributed by atoms with E-state index in [9.17, 15) is 8.42 Å². The van der Waals surface area contributed by atoms with Crippen LogP contribution in [0.5, 0.6) is 11.5 Å². The molecule has 21 heavy (non-hydrogen) atoms. The molecule has 8 nitrogen and oxygen atoms in total. The molecule has 0 aliphatic carbocycles. The Balaban J connectivity index is 2.36. The zero-order valence-electron chi connectivity index (χ0n) is 11.5. The summed E-state index contributed by atoms with van der Waals surface area (Å²) in [5.74, 6) is 0.887. The molecule has 1 aromatic carbocycles. The maximum Gasteiger partial charge on any atom is 0.279 e. The molecule has 1 heterocycles. The van der Waals surface area contributed by atoms with E-state index in [0.717, 1.165) is 0 Å². The van der Waals surface area contributed by atoms with E-state index in [1.54, 1.807) is 6.07 Å². The largest absolute Gasteiger partial charge is 0.497 e. The van der Waals surface area contributed by atoms with Crippen LogP contribution >= 0.6 is 0 Å². The zero-order chi connectivity index (χ0) is 15.5. The Morgan fingerprint density at radius 2 is 1.86 bits per heavy atom. The minimum Gasteiger partial charge on any atom is -0.497 e. The van der Waals surface area contributed by atoms with Crippen LogP contribution < -0.4 is 14.2 Å². The molecular weight excluding hydrogens is 298 g/mol. The molecule has 0 fully saturated rings. The maximum absolute atomic E-state index is 12.3. The van der Waals surface area contributed by atoms with E-state index in [4.69, 9.17) is 14.6 Å². The number of nitrogens with zero attached hydrogens (tertiary/aromatic N) is 1. The van der Waals surface area contributed by atoms with Gasteiger partial charge in [0.2, 0.25) is 0 Å². The van der Waals surface area contributed by atoms with Gasteiger partial charge in [0.25, 0.3) is 10.0 Å². The van der Waals surface area contributed by atoms with Crippen LogP contribution in [0.2, 0.25) is 0 Å². The highest BCUT2D eigenvalue weighted by atomic mass is 32.2. The van der Waals surface area contributed by atoms with Crippen molar-refractivity contribution in [2.45, 2.75) is 11.6 Å². The average molecular weight is 313 g/mol.